The smallest absolute Gasteiger partial charge is 0.146 e. The van der Waals surface area contributed by atoms with E-state index in [1.165, 1.54) is 6.07 Å². The van der Waals surface area contributed by atoms with Crippen LogP contribution in [0.3, 0.4) is 0 Å². The minimum Gasteiger partial charge on any atom is -0.387 e. The van der Waals surface area contributed by atoms with Crippen LogP contribution in [0.5, 0.6) is 0 Å². The van der Waals surface area contributed by atoms with Gasteiger partial charge in [-0.2, -0.15) is 0 Å². The fraction of sp³-hybridized carbons (Fsp3) is 0.200. The van der Waals surface area contributed by atoms with E-state index in [-0.39, 0.29) is 12.4 Å². The zero-order valence-electron chi connectivity index (χ0n) is 10.2. The molecule has 3 heteroatoms. The van der Waals surface area contributed by atoms with E-state index in [1.807, 2.05) is 31.2 Å². The van der Waals surface area contributed by atoms with Crippen molar-refractivity contribution >= 4 is 5.69 Å². The standard InChI is InChI=1S/C15H16FNO/c1-11-6-8-12(9-7-11)15(18)10-17-14-5-3-2-4-13(14)16/h2-9,15,17-18H,10H2,1H3. The average Bonchev–Trinajstić information content (AvgIpc) is 2.38. The van der Waals surface area contributed by atoms with Crippen molar-refractivity contribution in [1.29, 1.82) is 0 Å². The monoisotopic (exact) mass is 245 g/mol. The van der Waals surface area contributed by atoms with Crippen LogP contribution in [0, 0.1) is 12.7 Å². The Kier molecular flexibility index (Phi) is 3.95. The molecule has 0 spiro atoms. The summed E-state index contributed by atoms with van der Waals surface area (Å²) in [5.74, 6) is -0.311. The second-order valence-corrected chi connectivity index (χ2v) is 4.29. The van der Waals surface area contributed by atoms with Gasteiger partial charge in [0.25, 0.3) is 0 Å². The van der Waals surface area contributed by atoms with Gasteiger partial charge >= 0.3 is 0 Å². The van der Waals surface area contributed by atoms with Gasteiger partial charge in [0.05, 0.1) is 11.8 Å². The Morgan fingerprint density at radius 2 is 1.78 bits per heavy atom. The Morgan fingerprint density at radius 1 is 1.11 bits per heavy atom. The second-order valence-electron chi connectivity index (χ2n) is 4.29. The number of halogens is 1. The highest BCUT2D eigenvalue weighted by molar-refractivity contribution is 5.44. The molecule has 0 aliphatic rings. The van der Waals surface area contributed by atoms with Gasteiger partial charge in [0.1, 0.15) is 5.82 Å². The second kappa shape index (κ2) is 5.65. The molecule has 0 amide bonds. The predicted molar refractivity (Wildman–Crippen MR) is 71.0 cm³/mol. The van der Waals surface area contributed by atoms with Gasteiger partial charge < -0.3 is 10.4 Å². The number of hydrogen-bond acceptors (Lipinski definition) is 2. The molecule has 0 aliphatic carbocycles. The molecule has 0 aromatic heterocycles. The van der Waals surface area contributed by atoms with E-state index in [2.05, 4.69) is 5.32 Å². The normalized spacial score (nSPS) is 12.2. The summed E-state index contributed by atoms with van der Waals surface area (Å²) in [7, 11) is 0. The van der Waals surface area contributed by atoms with Crippen molar-refractivity contribution in [2.75, 3.05) is 11.9 Å². The van der Waals surface area contributed by atoms with Crippen LogP contribution < -0.4 is 5.32 Å². The van der Waals surface area contributed by atoms with Crippen molar-refractivity contribution < 1.29 is 9.50 Å². The third-order valence-electron chi connectivity index (χ3n) is 2.82. The minimum absolute atomic E-state index is 0.282. The topological polar surface area (TPSA) is 32.3 Å². The first-order chi connectivity index (χ1) is 8.66. The maximum Gasteiger partial charge on any atom is 0.146 e. The predicted octanol–water partition coefficient (Wildman–Crippen LogP) is 3.28. The molecule has 0 aliphatic heterocycles. The van der Waals surface area contributed by atoms with E-state index < -0.39 is 6.10 Å². The van der Waals surface area contributed by atoms with E-state index in [0.717, 1.165) is 11.1 Å². The molecule has 1 atom stereocenters. The van der Waals surface area contributed by atoms with Gasteiger partial charge in [0.2, 0.25) is 0 Å². The Morgan fingerprint density at radius 3 is 2.44 bits per heavy atom. The number of aliphatic hydroxyl groups is 1. The molecule has 2 nitrogen and oxygen atoms in total. The summed E-state index contributed by atoms with van der Waals surface area (Å²) < 4.78 is 13.4. The highest BCUT2D eigenvalue weighted by Crippen LogP contribution is 2.17. The molecule has 0 heterocycles. The highest BCUT2D eigenvalue weighted by atomic mass is 19.1. The van der Waals surface area contributed by atoms with Crippen molar-refractivity contribution in [1.82, 2.24) is 0 Å². The van der Waals surface area contributed by atoms with Gasteiger partial charge in [-0.25, -0.2) is 4.39 Å². The fourth-order valence-corrected chi connectivity index (χ4v) is 1.72. The maximum atomic E-state index is 13.4. The summed E-state index contributed by atoms with van der Waals surface area (Å²) in [5, 5.41) is 12.9. The number of anilines is 1. The van der Waals surface area contributed by atoms with E-state index in [0.29, 0.717) is 5.69 Å². The zero-order valence-corrected chi connectivity index (χ0v) is 10.2. The van der Waals surface area contributed by atoms with Crippen molar-refractivity contribution in [2.24, 2.45) is 0 Å². The van der Waals surface area contributed by atoms with E-state index in [1.54, 1.807) is 18.2 Å². The van der Waals surface area contributed by atoms with Crippen LogP contribution in [-0.2, 0) is 0 Å². The zero-order chi connectivity index (χ0) is 13.0. The molecule has 2 aromatic carbocycles. The number of nitrogens with one attached hydrogen (secondary N) is 1. The van der Waals surface area contributed by atoms with E-state index in [9.17, 15) is 9.50 Å². The van der Waals surface area contributed by atoms with Crippen molar-refractivity contribution in [3.05, 3.63) is 65.5 Å². The molecular formula is C15H16FNO. The van der Waals surface area contributed by atoms with E-state index in [4.69, 9.17) is 0 Å². The van der Waals surface area contributed by atoms with Gasteiger partial charge in [-0.3, -0.25) is 0 Å². The fourth-order valence-electron chi connectivity index (χ4n) is 1.72. The minimum atomic E-state index is -0.648. The SMILES string of the molecule is Cc1ccc(C(O)CNc2ccccc2F)cc1. The lowest BCUT2D eigenvalue weighted by atomic mass is 10.1. The third kappa shape index (κ3) is 3.08. The molecule has 0 saturated heterocycles. The molecule has 0 radical (unpaired) electrons. The first kappa shape index (κ1) is 12.6. The largest absolute Gasteiger partial charge is 0.387 e. The van der Waals surface area contributed by atoms with Crippen LogP contribution in [0.15, 0.2) is 48.5 Å². The van der Waals surface area contributed by atoms with Gasteiger partial charge in [0, 0.05) is 6.54 Å². The summed E-state index contributed by atoms with van der Waals surface area (Å²) in [4.78, 5) is 0. The Hall–Kier alpha value is -1.87. The first-order valence-electron chi connectivity index (χ1n) is 5.90. The van der Waals surface area contributed by atoms with Gasteiger partial charge in [0.15, 0.2) is 0 Å². The van der Waals surface area contributed by atoms with Crippen molar-refractivity contribution in [2.45, 2.75) is 13.0 Å². The van der Waals surface area contributed by atoms with Crippen LogP contribution >= 0.6 is 0 Å². The van der Waals surface area contributed by atoms with Crippen LogP contribution in [0.4, 0.5) is 10.1 Å². The van der Waals surface area contributed by atoms with Crippen LogP contribution in [0.1, 0.15) is 17.2 Å². The van der Waals surface area contributed by atoms with Crippen molar-refractivity contribution in [3.63, 3.8) is 0 Å². The Labute approximate surface area is 106 Å². The lowest BCUT2D eigenvalue weighted by Gasteiger charge is -2.13. The molecule has 2 aromatic rings. The van der Waals surface area contributed by atoms with Crippen LogP contribution in [-0.4, -0.2) is 11.7 Å². The molecule has 2 N–H and O–H groups in total. The number of aliphatic hydroxyl groups excluding tert-OH is 1. The summed E-state index contributed by atoms with van der Waals surface area (Å²) in [6, 6.07) is 14.1. The summed E-state index contributed by atoms with van der Waals surface area (Å²) in [5.41, 5.74) is 2.38. The Balaban J connectivity index is 1.98. The molecule has 18 heavy (non-hydrogen) atoms. The molecule has 94 valence electrons. The maximum absolute atomic E-state index is 13.4. The summed E-state index contributed by atoms with van der Waals surface area (Å²) in [6.07, 6.45) is -0.648. The molecule has 0 fully saturated rings. The average molecular weight is 245 g/mol. The first-order valence-corrected chi connectivity index (χ1v) is 5.90. The van der Waals surface area contributed by atoms with Crippen LogP contribution in [0.2, 0.25) is 0 Å². The van der Waals surface area contributed by atoms with Gasteiger partial charge in [-0.05, 0) is 24.6 Å². The van der Waals surface area contributed by atoms with Crippen LogP contribution in [0.25, 0.3) is 0 Å². The van der Waals surface area contributed by atoms with E-state index >= 15 is 0 Å². The number of benzene rings is 2. The number of aryl methyl sites for hydroxylation is 1. The lowest BCUT2D eigenvalue weighted by molar-refractivity contribution is 0.191. The third-order valence-corrected chi connectivity index (χ3v) is 2.82. The molecule has 0 bridgehead atoms. The number of para-hydroxylation sites is 1. The number of hydrogen-bond donors (Lipinski definition) is 2. The van der Waals surface area contributed by atoms with Crippen molar-refractivity contribution in [3.8, 4) is 0 Å². The lowest BCUT2D eigenvalue weighted by Crippen LogP contribution is -2.12. The quantitative estimate of drug-likeness (QED) is 0.866. The summed E-state index contributed by atoms with van der Waals surface area (Å²) >= 11 is 0. The number of rotatable bonds is 4. The van der Waals surface area contributed by atoms with Gasteiger partial charge in [-0.1, -0.05) is 42.0 Å². The van der Waals surface area contributed by atoms with Gasteiger partial charge in [-0.15, -0.1) is 0 Å². The molecule has 2 rings (SSSR count). The summed E-state index contributed by atoms with van der Waals surface area (Å²) in [6.45, 7) is 2.28. The molecular weight excluding hydrogens is 229 g/mol. The molecule has 0 saturated carbocycles. The highest BCUT2D eigenvalue weighted by Gasteiger charge is 2.08. The molecule has 1 unspecified atom stereocenters. The Bertz CT molecular complexity index is 510.